The van der Waals surface area contributed by atoms with Crippen molar-refractivity contribution in [3.63, 3.8) is 0 Å². The van der Waals surface area contributed by atoms with Crippen LogP contribution in [0.3, 0.4) is 0 Å². The van der Waals surface area contributed by atoms with Crippen LogP contribution in [0.5, 0.6) is 0 Å². The van der Waals surface area contributed by atoms with Crippen molar-refractivity contribution < 1.29 is 9.90 Å². The molecule has 35 heavy (non-hydrogen) atoms. The monoisotopic (exact) mass is 462 g/mol. The third-order valence-corrected chi connectivity index (χ3v) is 6.87. The van der Waals surface area contributed by atoms with E-state index in [1.807, 2.05) is 114 Å². The van der Waals surface area contributed by atoms with E-state index in [1.165, 1.54) is 0 Å². The van der Waals surface area contributed by atoms with Gasteiger partial charge in [0.2, 0.25) is 5.91 Å². The molecule has 0 aromatic heterocycles. The first-order valence-corrected chi connectivity index (χ1v) is 12.1. The number of hydrogen-bond donors (Lipinski definition) is 2. The summed E-state index contributed by atoms with van der Waals surface area (Å²) in [7, 11) is 0. The number of aliphatic hydroxyl groups is 1. The molecule has 4 heteroatoms. The van der Waals surface area contributed by atoms with Crippen molar-refractivity contribution in [2.24, 2.45) is 0 Å². The van der Waals surface area contributed by atoms with Crippen LogP contribution in [0.4, 0.5) is 0 Å². The van der Waals surface area contributed by atoms with Gasteiger partial charge in [0, 0.05) is 6.54 Å². The van der Waals surface area contributed by atoms with Crippen LogP contribution < -0.4 is 5.32 Å². The molecular formula is C31H30N2O2. The van der Waals surface area contributed by atoms with Crippen LogP contribution in [0.15, 0.2) is 121 Å². The molecule has 1 unspecified atom stereocenters. The lowest BCUT2D eigenvalue weighted by Gasteiger charge is -2.33. The highest BCUT2D eigenvalue weighted by molar-refractivity contribution is 5.86. The van der Waals surface area contributed by atoms with E-state index in [-0.39, 0.29) is 12.1 Å². The van der Waals surface area contributed by atoms with Crippen molar-refractivity contribution in [3.05, 3.63) is 144 Å². The molecule has 5 rings (SSSR count). The van der Waals surface area contributed by atoms with Crippen molar-refractivity contribution in [1.29, 1.82) is 0 Å². The highest BCUT2D eigenvalue weighted by Gasteiger charge is 2.51. The van der Waals surface area contributed by atoms with E-state index in [9.17, 15) is 9.90 Å². The zero-order valence-electron chi connectivity index (χ0n) is 19.6. The fraction of sp³-hybridized carbons (Fsp3) is 0.194. The summed E-state index contributed by atoms with van der Waals surface area (Å²) in [6.07, 6.45) is 0.748. The Balaban J connectivity index is 1.51. The SMILES string of the molecule is O=C1[C@H]([C@@](O)(CCc2ccccc2)c2ccccc2)NC(c2ccccc2)N1Cc1ccccc1. The Hall–Kier alpha value is -3.73. The Morgan fingerprint density at radius 2 is 1.23 bits per heavy atom. The zero-order valence-corrected chi connectivity index (χ0v) is 19.6. The Morgan fingerprint density at radius 3 is 1.83 bits per heavy atom. The molecule has 0 saturated carbocycles. The molecule has 0 aliphatic carbocycles. The first-order valence-electron chi connectivity index (χ1n) is 12.1. The predicted molar refractivity (Wildman–Crippen MR) is 138 cm³/mol. The van der Waals surface area contributed by atoms with Crippen LogP contribution in [0.2, 0.25) is 0 Å². The summed E-state index contributed by atoms with van der Waals surface area (Å²) in [6.45, 7) is 0.465. The van der Waals surface area contributed by atoms with Crippen molar-refractivity contribution >= 4 is 5.91 Å². The molecule has 1 saturated heterocycles. The van der Waals surface area contributed by atoms with Gasteiger partial charge in [0.1, 0.15) is 17.8 Å². The van der Waals surface area contributed by atoms with Gasteiger partial charge in [-0.1, -0.05) is 121 Å². The molecule has 1 aliphatic rings. The quantitative estimate of drug-likeness (QED) is 0.378. The first-order chi connectivity index (χ1) is 17.1. The molecule has 176 valence electrons. The lowest BCUT2D eigenvalue weighted by molar-refractivity contribution is -0.136. The van der Waals surface area contributed by atoms with Crippen LogP contribution in [0, 0.1) is 0 Å². The standard InChI is InChI=1S/C31H30N2O2/c34-30-28(31(35,27-19-11-4-12-20-27)22-21-24-13-5-1-6-14-24)32-29(26-17-9-3-10-18-26)33(30)23-25-15-7-2-8-16-25/h1-20,28-29,32,35H,21-23H2/t28-,29?,31-/m1/s1. The van der Waals surface area contributed by atoms with E-state index in [4.69, 9.17) is 0 Å². The van der Waals surface area contributed by atoms with Gasteiger partial charge in [-0.3, -0.25) is 10.1 Å². The lowest BCUT2D eigenvalue weighted by Crippen LogP contribution is -2.50. The van der Waals surface area contributed by atoms with Crippen LogP contribution >= 0.6 is 0 Å². The van der Waals surface area contributed by atoms with E-state index in [0.29, 0.717) is 19.4 Å². The number of nitrogens with zero attached hydrogens (tertiary/aromatic N) is 1. The molecule has 4 aromatic carbocycles. The van der Waals surface area contributed by atoms with Crippen LogP contribution in [-0.2, 0) is 23.4 Å². The maximum atomic E-state index is 14.0. The summed E-state index contributed by atoms with van der Waals surface area (Å²) >= 11 is 0. The number of rotatable bonds is 8. The predicted octanol–water partition coefficient (Wildman–Crippen LogP) is 5.21. The normalized spacial score (nSPS) is 19.5. The zero-order chi connectivity index (χ0) is 24.1. The second-order valence-corrected chi connectivity index (χ2v) is 9.14. The topological polar surface area (TPSA) is 52.6 Å². The van der Waals surface area contributed by atoms with E-state index in [1.54, 1.807) is 0 Å². The molecule has 3 atom stereocenters. The summed E-state index contributed by atoms with van der Waals surface area (Å²) in [5, 5.41) is 15.8. The minimum absolute atomic E-state index is 0.0953. The number of benzene rings is 4. The van der Waals surface area contributed by atoms with Gasteiger partial charge >= 0.3 is 0 Å². The summed E-state index contributed by atoms with van der Waals surface area (Å²) in [5.74, 6) is -0.0953. The Labute approximate surface area is 206 Å². The summed E-state index contributed by atoms with van der Waals surface area (Å²) < 4.78 is 0. The summed E-state index contributed by atoms with van der Waals surface area (Å²) in [4.78, 5) is 15.9. The Morgan fingerprint density at radius 1 is 0.714 bits per heavy atom. The smallest absolute Gasteiger partial charge is 0.244 e. The first kappa shape index (κ1) is 23.0. The van der Waals surface area contributed by atoms with Gasteiger partial charge in [0.25, 0.3) is 0 Å². The number of carbonyl (C=O) groups excluding carboxylic acids is 1. The number of aryl methyl sites for hydroxylation is 1. The molecule has 0 bridgehead atoms. The van der Waals surface area contributed by atoms with Gasteiger partial charge in [0.15, 0.2) is 0 Å². The van der Waals surface area contributed by atoms with Crippen molar-refractivity contribution in [1.82, 2.24) is 10.2 Å². The van der Waals surface area contributed by atoms with Gasteiger partial charge in [-0.25, -0.2) is 0 Å². The minimum Gasteiger partial charge on any atom is -0.383 e. The van der Waals surface area contributed by atoms with Gasteiger partial charge in [-0.15, -0.1) is 0 Å². The highest BCUT2D eigenvalue weighted by Crippen LogP contribution is 2.38. The van der Waals surface area contributed by atoms with Crippen molar-refractivity contribution in [2.45, 2.75) is 37.2 Å². The van der Waals surface area contributed by atoms with Gasteiger partial charge in [0.05, 0.1) is 0 Å². The van der Waals surface area contributed by atoms with Gasteiger partial charge < -0.3 is 10.0 Å². The molecule has 2 N–H and O–H groups in total. The maximum absolute atomic E-state index is 14.0. The average molecular weight is 463 g/mol. The average Bonchev–Trinajstić information content (AvgIpc) is 3.25. The van der Waals surface area contributed by atoms with Gasteiger partial charge in [-0.2, -0.15) is 0 Å². The number of nitrogens with one attached hydrogen (secondary N) is 1. The Bertz CT molecular complexity index is 1230. The third-order valence-electron chi connectivity index (χ3n) is 6.87. The fourth-order valence-corrected chi connectivity index (χ4v) is 4.98. The maximum Gasteiger partial charge on any atom is 0.244 e. The number of hydrogen-bond acceptors (Lipinski definition) is 3. The highest BCUT2D eigenvalue weighted by atomic mass is 16.3. The van der Waals surface area contributed by atoms with E-state index in [2.05, 4.69) is 17.4 Å². The number of carbonyl (C=O) groups is 1. The van der Waals surface area contributed by atoms with Crippen LogP contribution in [-0.4, -0.2) is 22.0 Å². The lowest BCUT2D eigenvalue weighted by atomic mass is 9.81. The molecule has 4 aromatic rings. The second-order valence-electron chi connectivity index (χ2n) is 9.14. The summed E-state index contributed by atoms with van der Waals surface area (Å²) in [5.41, 5.74) is 2.56. The van der Waals surface area contributed by atoms with Gasteiger partial charge in [-0.05, 0) is 35.1 Å². The minimum atomic E-state index is -1.37. The van der Waals surface area contributed by atoms with Crippen LogP contribution in [0.25, 0.3) is 0 Å². The van der Waals surface area contributed by atoms with E-state index < -0.39 is 11.6 Å². The molecule has 1 fully saturated rings. The number of amides is 1. The molecule has 1 heterocycles. The molecule has 0 spiro atoms. The molecule has 1 aliphatic heterocycles. The largest absolute Gasteiger partial charge is 0.383 e. The van der Waals surface area contributed by atoms with E-state index in [0.717, 1.165) is 22.3 Å². The van der Waals surface area contributed by atoms with Crippen molar-refractivity contribution in [2.75, 3.05) is 0 Å². The fourth-order valence-electron chi connectivity index (χ4n) is 4.98. The molecule has 0 radical (unpaired) electrons. The molecular weight excluding hydrogens is 432 g/mol. The van der Waals surface area contributed by atoms with Crippen molar-refractivity contribution in [3.8, 4) is 0 Å². The third kappa shape index (κ3) is 4.90. The molecule has 1 amide bonds. The van der Waals surface area contributed by atoms with Crippen LogP contribution in [0.1, 0.15) is 34.8 Å². The molecule has 4 nitrogen and oxygen atoms in total. The Kier molecular flexibility index (Phi) is 6.75. The van der Waals surface area contributed by atoms with E-state index >= 15 is 0 Å². The summed E-state index contributed by atoms with van der Waals surface area (Å²) in [6, 6.07) is 38.9. The second kappa shape index (κ2) is 10.3.